The summed E-state index contributed by atoms with van der Waals surface area (Å²) in [5.41, 5.74) is 3.56. The topological polar surface area (TPSA) is 45.2 Å². The second-order valence-corrected chi connectivity index (χ2v) is 8.05. The molecule has 2 aromatic carbocycles. The number of aromatic nitrogens is 1. The van der Waals surface area contributed by atoms with E-state index in [-0.39, 0.29) is 23.6 Å². The number of hydrogen-bond acceptors (Lipinski definition) is 3. The molecule has 1 fully saturated rings. The molecule has 4 rings (SSSR count). The lowest BCUT2D eigenvalue weighted by molar-refractivity contribution is 0.0908. The number of nitrogens with one attached hydrogen (secondary N) is 1. The van der Waals surface area contributed by atoms with Gasteiger partial charge in [-0.1, -0.05) is 24.3 Å². The number of benzene rings is 2. The number of nitrogens with zero attached hydrogens (tertiary/aromatic N) is 2. The van der Waals surface area contributed by atoms with Crippen molar-refractivity contribution in [3.05, 3.63) is 89.1 Å². The first kappa shape index (κ1) is 21.1. The summed E-state index contributed by atoms with van der Waals surface area (Å²) in [6, 6.07) is 15.0. The Labute approximate surface area is 180 Å². The fourth-order valence-electron chi connectivity index (χ4n) is 3.91. The Bertz CT molecular complexity index is 1060. The van der Waals surface area contributed by atoms with E-state index in [1.165, 1.54) is 24.4 Å². The van der Waals surface area contributed by atoms with Gasteiger partial charge in [0, 0.05) is 37.4 Å². The van der Waals surface area contributed by atoms with Crippen LogP contribution in [0.25, 0.3) is 11.3 Å². The van der Waals surface area contributed by atoms with E-state index in [1.807, 2.05) is 12.1 Å². The van der Waals surface area contributed by atoms with E-state index in [0.717, 1.165) is 38.0 Å². The van der Waals surface area contributed by atoms with Crippen LogP contribution < -0.4 is 5.32 Å². The van der Waals surface area contributed by atoms with Gasteiger partial charge in [-0.05, 0) is 61.2 Å². The fourth-order valence-corrected chi connectivity index (χ4v) is 3.91. The summed E-state index contributed by atoms with van der Waals surface area (Å²) >= 11 is 0. The highest BCUT2D eigenvalue weighted by Crippen LogP contribution is 2.19. The van der Waals surface area contributed by atoms with Crippen molar-refractivity contribution in [1.29, 1.82) is 0 Å². The quantitative estimate of drug-likeness (QED) is 0.648. The Hall–Kier alpha value is -3.12. The molecule has 0 radical (unpaired) electrons. The zero-order valence-electron chi connectivity index (χ0n) is 17.4. The first-order valence-corrected chi connectivity index (χ1v) is 10.5. The summed E-state index contributed by atoms with van der Waals surface area (Å²) in [6.45, 7) is 4.31. The summed E-state index contributed by atoms with van der Waals surface area (Å²) in [7, 11) is 0. The van der Waals surface area contributed by atoms with Crippen molar-refractivity contribution < 1.29 is 13.6 Å². The highest BCUT2D eigenvalue weighted by molar-refractivity contribution is 5.94. The van der Waals surface area contributed by atoms with Gasteiger partial charge in [-0.3, -0.25) is 14.7 Å². The van der Waals surface area contributed by atoms with Gasteiger partial charge in [0.25, 0.3) is 5.91 Å². The van der Waals surface area contributed by atoms with Gasteiger partial charge in [-0.25, -0.2) is 8.78 Å². The Balaban J connectivity index is 1.29. The Kier molecular flexibility index (Phi) is 6.37. The summed E-state index contributed by atoms with van der Waals surface area (Å²) in [5, 5.41) is 3.09. The van der Waals surface area contributed by atoms with Crippen molar-refractivity contribution in [3.8, 4) is 11.3 Å². The molecule has 2 heterocycles. The van der Waals surface area contributed by atoms with Crippen molar-refractivity contribution in [2.75, 3.05) is 13.1 Å². The summed E-state index contributed by atoms with van der Waals surface area (Å²) in [6.07, 6.45) is 3.25. The van der Waals surface area contributed by atoms with Crippen LogP contribution in [0.4, 0.5) is 8.78 Å². The summed E-state index contributed by atoms with van der Waals surface area (Å²) in [5.74, 6) is -0.642. The van der Waals surface area contributed by atoms with Gasteiger partial charge in [0.05, 0.1) is 11.3 Å². The minimum absolute atomic E-state index is 0.113. The van der Waals surface area contributed by atoms with Crippen LogP contribution >= 0.6 is 0 Å². The number of amides is 1. The minimum Gasteiger partial charge on any atom is -0.349 e. The average Bonchev–Trinajstić information content (AvgIpc) is 2.78. The molecule has 4 nitrogen and oxygen atoms in total. The molecule has 0 unspecified atom stereocenters. The fraction of sp³-hybridized carbons (Fsp3) is 0.280. The molecule has 1 aromatic heterocycles. The molecule has 1 saturated heterocycles. The number of likely N-dealkylation sites (tertiary alicyclic amines) is 1. The van der Waals surface area contributed by atoms with Crippen LogP contribution in [0.5, 0.6) is 0 Å². The Morgan fingerprint density at radius 1 is 1.10 bits per heavy atom. The minimum atomic E-state index is -0.318. The van der Waals surface area contributed by atoms with Crippen LogP contribution in [-0.4, -0.2) is 34.9 Å². The molecule has 0 atom stereocenters. The van der Waals surface area contributed by atoms with Gasteiger partial charge < -0.3 is 5.32 Å². The van der Waals surface area contributed by atoms with Crippen molar-refractivity contribution in [1.82, 2.24) is 15.2 Å². The third-order valence-electron chi connectivity index (χ3n) is 5.70. The average molecular weight is 421 g/mol. The molecule has 0 bridgehead atoms. The lowest BCUT2D eigenvalue weighted by Crippen LogP contribution is -2.44. The third kappa shape index (κ3) is 5.33. The predicted octanol–water partition coefficient (Wildman–Crippen LogP) is 4.73. The zero-order valence-corrected chi connectivity index (χ0v) is 17.4. The number of carbonyl (C=O) groups is 1. The molecule has 1 aliphatic rings. The largest absolute Gasteiger partial charge is 0.349 e. The van der Waals surface area contributed by atoms with Crippen LogP contribution in [0.3, 0.4) is 0 Å². The maximum absolute atomic E-state index is 13.4. The van der Waals surface area contributed by atoms with Crippen molar-refractivity contribution in [2.24, 2.45) is 0 Å². The molecule has 1 N–H and O–H groups in total. The number of carbonyl (C=O) groups excluding carboxylic acids is 1. The molecule has 0 spiro atoms. The molecule has 160 valence electrons. The molecule has 1 amide bonds. The van der Waals surface area contributed by atoms with E-state index in [1.54, 1.807) is 31.2 Å². The lowest BCUT2D eigenvalue weighted by Gasteiger charge is -2.32. The van der Waals surface area contributed by atoms with E-state index in [0.29, 0.717) is 22.4 Å². The maximum Gasteiger partial charge on any atom is 0.253 e. The second-order valence-electron chi connectivity index (χ2n) is 8.05. The number of aryl methyl sites for hydroxylation is 1. The molecule has 31 heavy (non-hydrogen) atoms. The summed E-state index contributed by atoms with van der Waals surface area (Å²) in [4.78, 5) is 19.2. The smallest absolute Gasteiger partial charge is 0.253 e. The molecule has 0 aliphatic carbocycles. The Morgan fingerprint density at radius 2 is 1.90 bits per heavy atom. The highest BCUT2D eigenvalue weighted by Gasteiger charge is 2.21. The van der Waals surface area contributed by atoms with Crippen molar-refractivity contribution in [3.63, 3.8) is 0 Å². The van der Waals surface area contributed by atoms with Crippen molar-refractivity contribution >= 4 is 5.91 Å². The second kappa shape index (κ2) is 9.35. The molecular weight excluding hydrogens is 396 g/mol. The normalized spacial score (nSPS) is 15.1. The van der Waals surface area contributed by atoms with Crippen LogP contribution in [0.15, 0.2) is 60.8 Å². The van der Waals surface area contributed by atoms with Crippen LogP contribution in [-0.2, 0) is 6.54 Å². The van der Waals surface area contributed by atoms with Gasteiger partial charge in [-0.2, -0.15) is 0 Å². The highest BCUT2D eigenvalue weighted by atomic mass is 19.1. The van der Waals surface area contributed by atoms with E-state index >= 15 is 0 Å². The van der Waals surface area contributed by atoms with Crippen LogP contribution in [0, 0.1) is 18.6 Å². The molecule has 3 aromatic rings. The van der Waals surface area contributed by atoms with Crippen LogP contribution in [0.2, 0.25) is 0 Å². The van der Waals surface area contributed by atoms with E-state index in [9.17, 15) is 13.6 Å². The molecule has 1 aliphatic heterocycles. The number of pyridine rings is 1. The number of halogens is 2. The number of piperidine rings is 1. The predicted molar refractivity (Wildman–Crippen MR) is 117 cm³/mol. The van der Waals surface area contributed by atoms with Gasteiger partial charge in [0.2, 0.25) is 0 Å². The SMILES string of the molecule is Cc1cc(CN2CCC(NC(=O)c3ccc(-c4cccc(F)c4)nc3)CC2)ccc1F. The van der Waals surface area contributed by atoms with Gasteiger partial charge in [0.1, 0.15) is 11.6 Å². The van der Waals surface area contributed by atoms with Crippen molar-refractivity contribution in [2.45, 2.75) is 32.4 Å². The first-order valence-electron chi connectivity index (χ1n) is 10.5. The van der Waals surface area contributed by atoms with Gasteiger partial charge in [-0.15, -0.1) is 0 Å². The molecular formula is C25H25F2N3O. The maximum atomic E-state index is 13.4. The monoisotopic (exact) mass is 421 g/mol. The standard InChI is InChI=1S/C25H25F2N3O/c1-17-13-18(5-7-23(17)27)16-30-11-9-22(10-12-30)29-25(31)20-6-8-24(28-15-20)19-3-2-4-21(26)14-19/h2-8,13-15,22H,9-12,16H2,1H3,(H,29,31). The third-order valence-corrected chi connectivity index (χ3v) is 5.70. The molecule has 0 saturated carbocycles. The summed E-state index contributed by atoms with van der Waals surface area (Å²) < 4.78 is 26.8. The first-order chi connectivity index (χ1) is 15.0. The van der Waals surface area contributed by atoms with E-state index in [4.69, 9.17) is 0 Å². The zero-order chi connectivity index (χ0) is 21.8. The lowest BCUT2D eigenvalue weighted by atomic mass is 10.0. The Morgan fingerprint density at radius 3 is 2.58 bits per heavy atom. The van der Waals surface area contributed by atoms with E-state index in [2.05, 4.69) is 15.2 Å². The van der Waals surface area contributed by atoms with Gasteiger partial charge >= 0.3 is 0 Å². The number of rotatable bonds is 5. The molecule has 6 heteroatoms. The van der Waals surface area contributed by atoms with Crippen LogP contribution in [0.1, 0.15) is 34.3 Å². The van der Waals surface area contributed by atoms with Gasteiger partial charge in [0.15, 0.2) is 0 Å². The number of hydrogen-bond donors (Lipinski definition) is 1. The van der Waals surface area contributed by atoms with E-state index < -0.39 is 0 Å².